The highest BCUT2D eigenvalue weighted by Crippen LogP contribution is 2.34. The van der Waals surface area contributed by atoms with E-state index in [4.69, 9.17) is 5.41 Å². The van der Waals surface area contributed by atoms with E-state index in [1.54, 1.807) is 13.1 Å². The van der Waals surface area contributed by atoms with Crippen LogP contribution in [-0.4, -0.2) is 110 Å². The van der Waals surface area contributed by atoms with E-state index in [0.717, 1.165) is 96.5 Å². The molecule has 0 aliphatic carbocycles. The van der Waals surface area contributed by atoms with Gasteiger partial charge in [-0.15, -0.1) is 0 Å². The molecule has 5 amide bonds. The number of aryl methyl sites for hydroxylation is 1. The number of halogens is 1. The normalized spacial score (nSPS) is 17.9. The molecule has 0 aromatic heterocycles. The summed E-state index contributed by atoms with van der Waals surface area (Å²) in [4.78, 5) is 56.2. The molecule has 8 rings (SSSR count). The number of hydrogen-bond donors (Lipinski definition) is 6. The zero-order valence-corrected chi connectivity index (χ0v) is 38.3. The van der Waals surface area contributed by atoms with Crippen molar-refractivity contribution in [3.05, 3.63) is 106 Å². The lowest BCUT2D eigenvalue weighted by Gasteiger charge is -2.33. The minimum atomic E-state index is -0.685. The van der Waals surface area contributed by atoms with E-state index in [0.29, 0.717) is 61.1 Å². The molecule has 4 aromatic rings. The number of rotatable bonds is 13. The third kappa shape index (κ3) is 10.7. The van der Waals surface area contributed by atoms with Gasteiger partial charge in [0.25, 0.3) is 5.91 Å². The summed E-state index contributed by atoms with van der Waals surface area (Å²) in [5.74, 6) is 6.40. The van der Waals surface area contributed by atoms with E-state index < -0.39 is 17.8 Å². The number of nitrogens with zero attached hydrogens (tertiary/aromatic N) is 3. The second-order valence-corrected chi connectivity index (χ2v) is 18.2. The standard InChI is InChI=1S/C52H62FN9O4/c1-33-11-15-38(58-39-31-56-32-39)28-43(33)51(65)57-34(2)40-16-14-36(41-8-4-5-9-42(40)41)13-12-35-17-23-60(24-18-35)22-7-6-10-49(64)61-25-19-37(20-26-61)44-30-47(55-3)45(29-46(44)53)50(54)62-27-21-48(63)59-52(62)66/h4-5,8-9,11,14-16,28-30,34-35,37,39,54-56,58H,6-7,10,17-27,31-32H2,1-3H3,(H,57,65)(H,59,63,66)/t34-/m1/s1. The number of urea groups is 1. The van der Waals surface area contributed by atoms with Crippen LogP contribution in [0.15, 0.2) is 66.7 Å². The lowest BCUT2D eigenvalue weighted by Crippen LogP contribution is -2.52. The Kier molecular flexibility index (Phi) is 14.6. The van der Waals surface area contributed by atoms with Crippen molar-refractivity contribution in [2.24, 2.45) is 5.92 Å². The van der Waals surface area contributed by atoms with Gasteiger partial charge in [0.05, 0.1) is 12.1 Å². The third-order valence-corrected chi connectivity index (χ3v) is 13.8. The van der Waals surface area contributed by atoms with Crippen LogP contribution in [0.2, 0.25) is 0 Å². The molecule has 66 heavy (non-hydrogen) atoms. The Bertz CT molecular complexity index is 2550. The molecule has 0 radical (unpaired) electrons. The Balaban J connectivity index is 0.768. The van der Waals surface area contributed by atoms with E-state index in [-0.39, 0.29) is 48.1 Å². The lowest BCUT2D eigenvalue weighted by molar-refractivity contribution is -0.132. The van der Waals surface area contributed by atoms with Gasteiger partial charge in [-0.05, 0) is 136 Å². The quantitative estimate of drug-likeness (QED) is 0.0359. The Morgan fingerprint density at radius 2 is 1.67 bits per heavy atom. The predicted octanol–water partition coefficient (Wildman–Crippen LogP) is 7.11. The Morgan fingerprint density at radius 1 is 0.909 bits per heavy atom. The molecular weight excluding hydrogens is 834 g/mol. The molecular formula is C52H62FN9O4. The molecule has 0 bridgehead atoms. The molecule has 4 heterocycles. The molecule has 1 atom stereocenters. The minimum Gasteiger partial charge on any atom is -0.388 e. The van der Waals surface area contributed by atoms with E-state index in [2.05, 4.69) is 67.6 Å². The first-order valence-corrected chi connectivity index (χ1v) is 23.6. The van der Waals surface area contributed by atoms with Gasteiger partial charge in [0.2, 0.25) is 11.8 Å². The maximum absolute atomic E-state index is 15.6. The summed E-state index contributed by atoms with van der Waals surface area (Å²) >= 11 is 0. The van der Waals surface area contributed by atoms with Crippen LogP contribution in [0.4, 0.5) is 20.6 Å². The number of fused-ring (bicyclic) bond motifs is 1. The molecule has 4 aliphatic rings. The first-order chi connectivity index (χ1) is 31.9. The second-order valence-electron chi connectivity index (χ2n) is 18.2. The average Bonchev–Trinajstić information content (AvgIpc) is 3.31. The van der Waals surface area contributed by atoms with Crippen molar-refractivity contribution in [1.82, 2.24) is 30.7 Å². The monoisotopic (exact) mass is 895 g/mol. The molecule has 6 N–H and O–H groups in total. The first-order valence-electron chi connectivity index (χ1n) is 23.6. The SMILES string of the molecule is CNc1cc(C2CCN(C(=O)CCCCN3CCC(C#Cc4ccc([C@@H](C)NC(=O)c5cc(NC6CNC6)ccc5C)c5ccccc45)CC3)CC2)c(F)cc1C(=N)N1CCC(=O)NC1=O. The predicted molar refractivity (Wildman–Crippen MR) is 257 cm³/mol. The number of likely N-dealkylation sites (tertiary alicyclic amines) is 2. The highest BCUT2D eigenvalue weighted by molar-refractivity contribution is 6.12. The van der Waals surface area contributed by atoms with Crippen molar-refractivity contribution < 1.29 is 23.6 Å². The molecule has 4 aliphatic heterocycles. The number of amidine groups is 1. The van der Waals surface area contributed by atoms with Gasteiger partial charge in [0.1, 0.15) is 11.7 Å². The number of carbonyl (C=O) groups is 4. The Hall–Kier alpha value is -6.30. The van der Waals surface area contributed by atoms with Gasteiger partial charge in [0, 0.05) is 86.6 Å². The number of carbonyl (C=O) groups excluding carboxylic acids is 4. The largest absolute Gasteiger partial charge is 0.388 e. The number of unbranched alkanes of at least 4 members (excludes halogenated alkanes) is 1. The van der Waals surface area contributed by atoms with Crippen LogP contribution < -0.4 is 26.6 Å². The number of benzene rings is 4. The van der Waals surface area contributed by atoms with Crippen LogP contribution in [0.1, 0.15) is 108 Å². The van der Waals surface area contributed by atoms with Crippen LogP contribution in [-0.2, 0) is 9.59 Å². The summed E-state index contributed by atoms with van der Waals surface area (Å²) in [6.07, 6.45) is 5.65. The summed E-state index contributed by atoms with van der Waals surface area (Å²) in [6.45, 7) is 9.97. The summed E-state index contributed by atoms with van der Waals surface area (Å²) in [6, 6.07) is 21.0. The lowest BCUT2D eigenvalue weighted by atomic mass is 9.87. The van der Waals surface area contributed by atoms with Gasteiger partial charge >= 0.3 is 6.03 Å². The van der Waals surface area contributed by atoms with Crippen molar-refractivity contribution in [3.8, 4) is 11.8 Å². The molecule has 0 unspecified atom stereocenters. The van der Waals surface area contributed by atoms with Crippen LogP contribution in [0.5, 0.6) is 0 Å². The van der Waals surface area contributed by atoms with Gasteiger partial charge in [-0.3, -0.25) is 30.0 Å². The Morgan fingerprint density at radius 3 is 2.38 bits per heavy atom. The molecule has 4 fully saturated rings. The highest BCUT2D eigenvalue weighted by atomic mass is 19.1. The van der Waals surface area contributed by atoms with Crippen LogP contribution in [0.25, 0.3) is 10.8 Å². The second kappa shape index (κ2) is 20.9. The third-order valence-electron chi connectivity index (χ3n) is 13.8. The maximum Gasteiger partial charge on any atom is 0.329 e. The van der Waals surface area contributed by atoms with Crippen LogP contribution >= 0.6 is 0 Å². The summed E-state index contributed by atoms with van der Waals surface area (Å²) in [7, 11) is 1.69. The fourth-order valence-corrected chi connectivity index (χ4v) is 9.66. The highest BCUT2D eigenvalue weighted by Gasteiger charge is 2.31. The molecule has 13 nitrogen and oxygen atoms in total. The summed E-state index contributed by atoms with van der Waals surface area (Å²) < 4.78 is 15.6. The van der Waals surface area contributed by atoms with Gasteiger partial charge in [-0.25, -0.2) is 9.18 Å². The van der Waals surface area contributed by atoms with Crippen molar-refractivity contribution in [1.29, 1.82) is 5.41 Å². The van der Waals surface area contributed by atoms with E-state index in [9.17, 15) is 19.2 Å². The molecule has 4 saturated heterocycles. The number of nitrogens with one attached hydrogen (secondary N) is 6. The van der Waals surface area contributed by atoms with Crippen molar-refractivity contribution in [3.63, 3.8) is 0 Å². The van der Waals surface area contributed by atoms with E-state index in [1.165, 1.54) is 6.07 Å². The van der Waals surface area contributed by atoms with Crippen molar-refractivity contribution in [2.45, 2.75) is 83.2 Å². The zero-order valence-electron chi connectivity index (χ0n) is 38.3. The summed E-state index contributed by atoms with van der Waals surface area (Å²) in [5, 5.41) is 26.1. The first kappa shape index (κ1) is 46.2. The number of anilines is 2. The zero-order chi connectivity index (χ0) is 46.3. The molecule has 14 heteroatoms. The topological polar surface area (TPSA) is 162 Å². The summed E-state index contributed by atoms with van der Waals surface area (Å²) in [5.41, 5.74) is 5.95. The van der Waals surface area contributed by atoms with E-state index >= 15 is 4.39 Å². The molecule has 0 spiro atoms. The molecule has 0 saturated carbocycles. The molecule has 346 valence electrons. The number of hydrogen-bond acceptors (Lipinski definition) is 9. The van der Waals surface area contributed by atoms with Gasteiger partial charge < -0.3 is 31.1 Å². The van der Waals surface area contributed by atoms with Gasteiger partial charge in [-0.2, -0.15) is 0 Å². The number of imide groups is 1. The van der Waals surface area contributed by atoms with Crippen LogP contribution in [0, 0.1) is 35.9 Å². The number of piperidine rings is 2. The molecule has 4 aromatic carbocycles. The fourth-order valence-electron chi connectivity index (χ4n) is 9.66. The minimum absolute atomic E-state index is 0.0624. The smallest absolute Gasteiger partial charge is 0.329 e. The van der Waals surface area contributed by atoms with Crippen molar-refractivity contribution >= 4 is 51.7 Å². The van der Waals surface area contributed by atoms with Gasteiger partial charge in [0.15, 0.2) is 0 Å². The fraction of sp³-hybridized carbons (Fsp3) is 0.442. The van der Waals surface area contributed by atoms with Crippen LogP contribution in [0.3, 0.4) is 0 Å². The van der Waals surface area contributed by atoms with Crippen molar-refractivity contribution in [2.75, 3.05) is 70.0 Å². The average molecular weight is 896 g/mol. The Labute approximate surface area is 387 Å². The van der Waals surface area contributed by atoms with Gasteiger partial charge in [-0.1, -0.05) is 48.2 Å². The maximum atomic E-state index is 15.6. The number of amides is 5. The van der Waals surface area contributed by atoms with E-state index in [1.807, 2.05) is 49.1 Å².